The van der Waals surface area contributed by atoms with Crippen LogP contribution in [-0.2, 0) is 16.6 Å². The second-order valence-corrected chi connectivity index (χ2v) is 8.68. The number of rotatable bonds is 5. The number of carboxylic acid groups (broad SMARTS) is 1. The van der Waals surface area contributed by atoms with Crippen LogP contribution in [0.4, 0.5) is 11.4 Å². The summed E-state index contributed by atoms with van der Waals surface area (Å²) in [4.78, 5) is 31.9. The van der Waals surface area contributed by atoms with E-state index in [2.05, 4.69) is 0 Å². The minimum Gasteiger partial charge on any atom is -0.606 e. The number of nitrogens with zero attached hydrogens (tertiary/aromatic N) is 2. The summed E-state index contributed by atoms with van der Waals surface area (Å²) >= 11 is -2.23. The van der Waals surface area contributed by atoms with E-state index in [1.807, 2.05) is 0 Å². The van der Waals surface area contributed by atoms with Gasteiger partial charge in [0, 0.05) is 40.5 Å². The first-order chi connectivity index (χ1) is 13.3. The SMILES string of the molecule is Cc1c([S+]([O-])c2ccc([N+](=O)[O-])cc2[N+](=O)[O-])cc(C(C)(C)C)c(O)c1C(=O)O. The van der Waals surface area contributed by atoms with E-state index in [1.54, 1.807) is 20.8 Å². The van der Waals surface area contributed by atoms with E-state index in [-0.39, 0.29) is 20.9 Å². The van der Waals surface area contributed by atoms with Crippen molar-refractivity contribution < 1.29 is 29.4 Å². The molecule has 0 aliphatic heterocycles. The van der Waals surface area contributed by atoms with E-state index < -0.39 is 55.1 Å². The summed E-state index contributed by atoms with van der Waals surface area (Å²) in [5, 5.41) is 42.2. The van der Waals surface area contributed by atoms with E-state index in [4.69, 9.17) is 0 Å². The van der Waals surface area contributed by atoms with Gasteiger partial charge in [-0.05, 0) is 12.3 Å². The Kier molecular flexibility index (Phi) is 5.86. The molecule has 2 aromatic rings. The smallest absolute Gasteiger partial charge is 0.339 e. The fourth-order valence-corrected chi connectivity index (χ4v) is 4.16. The maximum atomic E-state index is 13.2. The topological polar surface area (TPSA) is 167 Å². The van der Waals surface area contributed by atoms with Crippen LogP contribution in [0.15, 0.2) is 34.1 Å². The Hall–Kier alpha value is -3.18. The van der Waals surface area contributed by atoms with Gasteiger partial charge in [-0.3, -0.25) is 20.2 Å². The van der Waals surface area contributed by atoms with Crippen LogP contribution in [0.3, 0.4) is 0 Å². The standard InChI is InChI=1S/C18H18N2O8S/c1-9-14(8-11(18(2,3)4)16(21)15(9)17(22)23)29(28)13-6-5-10(19(24)25)7-12(13)20(26)27/h5-8,21H,1-4H3,(H,22,23). The molecule has 0 aliphatic rings. The lowest BCUT2D eigenvalue weighted by atomic mass is 9.84. The predicted octanol–water partition coefficient (Wildman–Crippen LogP) is 3.68. The lowest BCUT2D eigenvalue weighted by Crippen LogP contribution is -2.18. The molecule has 2 N–H and O–H groups in total. The molecule has 1 unspecified atom stereocenters. The molecule has 0 bridgehead atoms. The van der Waals surface area contributed by atoms with E-state index in [1.165, 1.54) is 13.0 Å². The first kappa shape index (κ1) is 22.1. The summed E-state index contributed by atoms with van der Waals surface area (Å²) in [5.74, 6) is -1.91. The van der Waals surface area contributed by atoms with Crippen molar-refractivity contribution in [3.63, 3.8) is 0 Å². The average Bonchev–Trinajstić information content (AvgIpc) is 2.59. The van der Waals surface area contributed by atoms with Crippen molar-refractivity contribution in [3.8, 4) is 5.75 Å². The third kappa shape index (κ3) is 4.15. The monoisotopic (exact) mass is 422 g/mol. The van der Waals surface area contributed by atoms with Crippen LogP contribution in [0.1, 0.15) is 42.3 Å². The van der Waals surface area contributed by atoms with Crippen LogP contribution in [-0.4, -0.2) is 30.6 Å². The van der Waals surface area contributed by atoms with E-state index >= 15 is 0 Å². The van der Waals surface area contributed by atoms with Crippen molar-refractivity contribution in [1.29, 1.82) is 0 Å². The maximum absolute atomic E-state index is 13.2. The van der Waals surface area contributed by atoms with Crippen molar-refractivity contribution in [3.05, 3.63) is 61.2 Å². The van der Waals surface area contributed by atoms with Crippen LogP contribution < -0.4 is 0 Å². The van der Waals surface area contributed by atoms with Crippen molar-refractivity contribution in [2.24, 2.45) is 0 Å². The molecule has 0 amide bonds. The molecule has 0 radical (unpaired) electrons. The Morgan fingerprint density at radius 1 is 1.07 bits per heavy atom. The highest BCUT2D eigenvalue weighted by Crippen LogP contribution is 2.41. The third-order valence-electron chi connectivity index (χ3n) is 4.28. The lowest BCUT2D eigenvalue weighted by molar-refractivity contribution is -0.396. The molecule has 0 heterocycles. The van der Waals surface area contributed by atoms with Gasteiger partial charge >= 0.3 is 11.7 Å². The zero-order chi connectivity index (χ0) is 22.3. The highest BCUT2D eigenvalue weighted by molar-refractivity contribution is 7.91. The summed E-state index contributed by atoms with van der Waals surface area (Å²) in [5.41, 5.74) is -2.25. The Morgan fingerprint density at radius 3 is 2.10 bits per heavy atom. The second kappa shape index (κ2) is 7.68. The predicted molar refractivity (Wildman–Crippen MR) is 103 cm³/mol. The molecule has 2 rings (SSSR count). The minimum absolute atomic E-state index is 0.0195. The highest BCUT2D eigenvalue weighted by Gasteiger charge is 2.35. The molecule has 2 aromatic carbocycles. The molecule has 0 saturated heterocycles. The van der Waals surface area contributed by atoms with Crippen molar-refractivity contribution in [2.45, 2.75) is 42.9 Å². The number of aromatic hydroxyl groups is 1. The minimum atomic E-state index is -2.23. The van der Waals surface area contributed by atoms with Crippen LogP contribution in [0.25, 0.3) is 0 Å². The van der Waals surface area contributed by atoms with E-state index in [0.717, 1.165) is 12.1 Å². The second-order valence-electron chi connectivity index (χ2n) is 7.26. The molecule has 0 aromatic heterocycles. The largest absolute Gasteiger partial charge is 0.606 e. The van der Waals surface area contributed by atoms with Gasteiger partial charge in [0.15, 0.2) is 4.90 Å². The number of carbonyl (C=O) groups is 1. The normalized spacial score (nSPS) is 12.4. The highest BCUT2D eigenvalue weighted by atomic mass is 32.2. The van der Waals surface area contributed by atoms with Gasteiger partial charge in [-0.1, -0.05) is 20.8 Å². The molecule has 11 heteroatoms. The zero-order valence-electron chi connectivity index (χ0n) is 16.0. The zero-order valence-corrected chi connectivity index (χ0v) is 16.8. The van der Waals surface area contributed by atoms with Gasteiger partial charge in [-0.2, -0.15) is 0 Å². The molecular formula is C18H18N2O8S. The molecule has 154 valence electrons. The van der Waals surface area contributed by atoms with E-state index in [0.29, 0.717) is 6.07 Å². The van der Waals surface area contributed by atoms with Gasteiger partial charge in [0.25, 0.3) is 5.69 Å². The van der Waals surface area contributed by atoms with Gasteiger partial charge in [0.05, 0.1) is 15.9 Å². The number of nitro benzene ring substituents is 2. The molecule has 29 heavy (non-hydrogen) atoms. The van der Waals surface area contributed by atoms with Crippen LogP contribution in [0.5, 0.6) is 5.75 Å². The van der Waals surface area contributed by atoms with Gasteiger partial charge in [-0.25, -0.2) is 4.79 Å². The molecule has 0 fully saturated rings. The van der Waals surface area contributed by atoms with Gasteiger partial charge in [-0.15, -0.1) is 0 Å². The summed E-state index contributed by atoms with van der Waals surface area (Å²) in [6.07, 6.45) is 0. The number of non-ortho nitro benzene ring substituents is 1. The number of phenols is 1. The van der Waals surface area contributed by atoms with Crippen LogP contribution in [0, 0.1) is 27.2 Å². The molecule has 0 spiro atoms. The Morgan fingerprint density at radius 2 is 1.66 bits per heavy atom. The van der Waals surface area contributed by atoms with Crippen LogP contribution >= 0.6 is 0 Å². The van der Waals surface area contributed by atoms with Crippen LogP contribution in [0.2, 0.25) is 0 Å². The fourth-order valence-electron chi connectivity index (χ4n) is 2.81. The molecule has 1 atom stereocenters. The molecule has 10 nitrogen and oxygen atoms in total. The maximum Gasteiger partial charge on any atom is 0.339 e. The van der Waals surface area contributed by atoms with Gasteiger partial charge in [0.1, 0.15) is 11.3 Å². The lowest BCUT2D eigenvalue weighted by Gasteiger charge is -2.24. The van der Waals surface area contributed by atoms with E-state index in [9.17, 15) is 39.8 Å². The summed E-state index contributed by atoms with van der Waals surface area (Å²) in [6.45, 7) is 6.47. The quantitative estimate of drug-likeness (QED) is 0.418. The number of aromatic carboxylic acids is 1. The number of carboxylic acids is 1. The van der Waals surface area contributed by atoms with Gasteiger partial charge in [0.2, 0.25) is 4.90 Å². The van der Waals surface area contributed by atoms with Crippen molar-refractivity contribution >= 4 is 28.5 Å². The number of hydrogen-bond donors (Lipinski definition) is 2. The Labute approximate surface area is 168 Å². The Balaban J connectivity index is 2.81. The first-order valence-corrected chi connectivity index (χ1v) is 9.37. The molecule has 0 aliphatic carbocycles. The summed E-state index contributed by atoms with van der Waals surface area (Å²) in [7, 11) is 0. The fraction of sp³-hybridized carbons (Fsp3) is 0.278. The molecule has 0 saturated carbocycles. The number of benzene rings is 2. The number of nitro groups is 2. The van der Waals surface area contributed by atoms with Crippen molar-refractivity contribution in [1.82, 2.24) is 0 Å². The summed E-state index contributed by atoms with van der Waals surface area (Å²) in [6, 6.07) is 4.04. The summed E-state index contributed by atoms with van der Waals surface area (Å²) < 4.78 is 13.2. The van der Waals surface area contributed by atoms with Gasteiger partial charge < -0.3 is 14.8 Å². The third-order valence-corrected chi connectivity index (χ3v) is 5.85. The average molecular weight is 422 g/mol. The molecular weight excluding hydrogens is 404 g/mol. The van der Waals surface area contributed by atoms with Crippen molar-refractivity contribution in [2.75, 3.05) is 0 Å². The Bertz CT molecular complexity index is 1030. The number of hydrogen-bond acceptors (Lipinski definition) is 7. The first-order valence-electron chi connectivity index (χ1n) is 8.22.